The van der Waals surface area contributed by atoms with E-state index in [4.69, 9.17) is 20.3 Å². The molecule has 25 heavy (non-hydrogen) atoms. The number of nitrogens with one attached hydrogen (secondary N) is 1. The zero-order chi connectivity index (χ0) is 18.5. The van der Waals surface area contributed by atoms with E-state index in [1.54, 1.807) is 11.9 Å². The SMILES string of the molecule is CN1CN([C@@H]2O[C@H](COP(=O)(O)O)[C@@H](O)[C@H]2O)c2nc(N)[nH]c(=O)c21. The summed E-state index contributed by atoms with van der Waals surface area (Å²) >= 11 is 0. The van der Waals surface area contributed by atoms with E-state index in [0.717, 1.165) is 0 Å². The Labute approximate surface area is 140 Å². The number of nitrogens with two attached hydrogens (primary N) is 1. The van der Waals surface area contributed by atoms with Crippen LogP contribution in [0.1, 0.15) is 0 Å². The normalized spacial score (nSPS) is 29.3. The third-order valence-electron chi connectivity index (χ3n) is 3.96. The molecule has 0 bridgehead atoms. The number of aromatic amines is 1. The first-order valence-electron chi connectivity index (χ1n) is 7.17. The van der Waals surface area contributed by atoms with Gasteiger partial charge in [0.05, 0.1) is 13.3 Å². The highest BCUT2D eigenvalue weighted by Crippen LogP contribution is 2.39. The van der Waals surface area contributed by atoms with Gasteiger partial charge in [-0.1, -0.05) is 0 Å². The molecule has 4 atom stereocenters. The predicted molar refractivity (Wildman–Crippen MR) is 83.7 cm³/mol. The van der Waals surface area contributed by atoms with Crippen molar-refractivity contribution in [2.45, 2.75) is 24.5 Å². The number of nitrogen functional groups attached to an aromatic ring is 1. The smallest absolute Gasteiger partial charge is 0.387 e. The summed E-state index contributed by atoms with van der Waals surface area (Å²) in [7, 11) is -3.13. The maximum Gasteiger partial charge on any atom is 0.469 e. The molecule has 140 valence electrons. The van der Waals surface area contributed by atoms with E-state index in [0.29, 0.717) is 0 Å². The fraction of sp³-hybridized carbons (Fsp3) is 0.636. The van der Waals surface area contributed by atoms with Crippen LogP contribution in [0.2, 0.25) is 0 Å². The first kappa shape index (κ1) is 18.1. The number of aromatic nitrogens is 2. The lowest BCUT2D eigenvalue weighted by Crippen LogP contribution is -2.45. The number of hydrogen-bond donors (Lipinski definition) is 6. The summed E-state index contributed by atoms with van der Waals surface area (Å²) in [6.07, 6.45) is -5.17. The number of ether oxygens (including phenoxy) is 1. The number of anilines is 3. The van der Waals surface area contributed by atoms with Crippen molar-refractivity contribution in [1.29, 1.82) is 0 Å². The first-order chi connectivity index (χ1) is 11.6. The number of nitrogens with zero attached hydrogens (tertiary/aromatic N) is 3. The Hall–Kier alpha value is -1.73. The minimum Gasteiger partial charge on any atom is -0.387 e. The van der Waals surface area contributed by atoms with Gasteiger partial charge in [-0.2, -0.15) is 4.98 Å². The summed E-state index contributed by atoms with van der Waals surface area (Å²) in [6.45, 7) is -0.504. The Morgan fingerprint density at radius 1 is 1.44 bits per heavy atom. The highest BCUT2D eigenvalue weighted by atomic mass is 31.2. The molecule has 7 N–H and O–H groups in total. The molecule has 13 nitrogen and oxygen atoms in total. The quantitative estimate of drug-likeness (QED) is 0.293. The van der Waals surface area contributed by atoms with Crippen LogP contribution in [0, 0.1) is 0 Å². The molecule has 2 aliphatic heterocycles. The van der Waals surface area contributed by atoms with E-state index in [2.05, 4.69) is 14.5 Å². The van der Waals surface area contributed by atoms with Crippen molar-refractivity contribution < 1.29 is 33.8 Å². The van der Waals surface area contributed by atoms with E-state index < -0.39 is 44.5 Å². The second-order valence-corrected chi connectivity index (χ2v) is 7.00. The number of aliphatic hydroxyl groups excluding tert-OH is 2. The molecule has 1 aromatic heterocycles. The van der Waals surface area contributed by atoms with Crippen LogP contribution in [0.25, 0.3) is 0 Å². The highest BCUT2D eigenvalue weighted by molar-refractivity contribution is 7.46. The molecule has 0 radical (unpaired) electrons. The van der Waals surface area contributed by atoms with Crippen LogP contribution >= 0.6 is 7.82 Å². The molecule has 3 heterocycles. The van der Waals surface area contributed by atoms with Gasteiger partial charge in [-0.3, -0.25) is 14.3 Å². The third-order valence-corrected chi connectivity index (χ3v) is 4.45. The Bertz CT molecular complexity index is 767. The molecular formula is C11H18N5O8P. The van der Waals surface area contributed by atoms with Gasteiger partial charge in [0, 0.05) is 7.05 Å². The second kappa shape index (κ2) is 6.21. The molecule has 2 aliphatic rings. The fourth-order valence-electron chi connectivity index (χ4n) is 2.88. The lowest BCUT2D eigenvalue weighted by atomic mass is 10.1. The monoisotopic (exact) mass is 379 g/mol. The van der Waals surface area contributed by atoms with Crippen LogP contribution in [0.3, 0.4) is 0 Å². The van der Waals surface area contributed by atoms with E-state index in [1.165, 1.54) is 4.90 Å². The molecule has 1 aromatic rings. The highest BCUT2D eigenvalue weighted by Gasteiger charge is 2.49. The van der Waals surface area contributed by atoms with Crippen LogP contribution in [-0.2, 0) is 13.8 Å². The van der Waals surface area contributed by atoms with Crippen LogP contribution < -0.4 is 21.1 Å². The number of phosphoric acid groups is 1. The molecular weight excluding hydrogens is 361 g/mol. The zero-order valence-corrected chi connectivity index (χ0v) is 13.9. The van der Waals surface area contributed by atoms with Crippen molar-refractivity contribution >= 4 is 25.3 Å². The largest absolute Gasteiger partial charge is 0.469 e. The first-order valence-corrected chi connectivity index (χ1v) is 8.71. The summed E-state index contributed by atoms with van der Waals surface area (Å²) < 4.78 is 20.6. The summed E-state index contributed by atoms with van der Waals surface area (Å²) in [5.74, 6) is 0.0371. The number of rotatable bonds is 4. The molecule has 0 spiro atoms. The van der Waals surface area contributed by atoms with Gasteiger partial charge in [0.25, 0.3) is 5.56 Å². The number of hydrogen-bond acceptors (Lipinski definition) is 10. The third kappa shape index (κ3) is 3.35. The summed E-state index contributed by atoms with van der Waals surface area (Å²) in [4.78, 5) is 38.9. The van der Waals surface area contributed by atoms with Gasteiger partial charge >= 0.3 is 7.82 Å². The van der Waals surface area contributed by atoms with Crippen molar-refractivity contribution in [2.75, 3.05) is 35.9 Å². The van der Waals surface area contributed by atoms with Crippen molar-refractivity contribution in [3.05, 3.63) is 10.4 Å². The van der Waals surface area contributed by atoms with E-state index in [-0.39, 0.29) is 24.1 Å². The molecule has 0 amide bonds. The van der Waals surface area contributed by atoms with Crippen molar-refractivity contribution in [3.8, 4) is 0 Å². The number of aliphatic hydroxyl groups is 2. The topological polar surface area (TPSA) is 195 Å². The summed E-state index contributed by atoms with van der Waals surface area (Å²) in [5.41, 5.74) is 5.30. The van der Waals surface area contributed by atoms with E-state index in [1.807, 2.05) is 0 Å². The Morgan fingerprint density at radius 3 is 2.76 bits per heavy atom. The van der Waals surface area contributed by atoms with Gasteiger partial charge in [-0.15, -0.1) is 0 Å². The fourth-order valence-corrected chi connectivity index (χ4v) is 3.22. The lowest BCUT2D eigenvalue weighted by Gasteiger charge is -2.27. The lowest BCUT2D eigenvalue weighted by molar-refractivity contribution is -0.0217. The minimum absolute atomic E-state index is 0.120. The molecule has 1 saturated heterocycles. The number of fused-ring (bicyclic) bond motifs is 1. The molecule has 0 unspecified atom stereocenters. The van der Waals surface area contributed by atoms with Gasteiger partial charge in [-0.05, 0) is 0 Å². The van der Waals surface area contributed by atoms with E-state index in [9.17, 15) is 19.6 Å². The molecule has 1 fully saturated rings. The standard InChI is InChI=1S/C11H18N5O8P/c1-15-3-16(8-5(15)9(19)14-11(12)13-8)10-7(18)6(17)4(24-10)2-23-25(20,21)22/h4,6-7,10,17-18H,2-3H2,1H3,(H2,20,21,22)(H3,12,13,14,19)/t4-,6-,7-,10-/m1/s1. The predicted octanol–water partition coefficient (Wildman–Crippen LogP) is -2.88. The number of phosphoric ester groups is 1. The Kier molecular flexibility index (Phi) is 4.49. The molecule has 0 aromatic carbocycles. The average molecular weight is 379 g/mol. The van der Waals surface area contributed by atoms with Crippen molar-refractivity contribution in [2.24, 2.45) is 0 Å². The maximum absolute atomic E-state index is 12.0. The van der Waals surface area contributed by atoms with Crippen molar-refractivity contribution in [3.63, 3.8) is 0 Å². The van der Waals surface area contributed by atoms with Crippen molar-refractivity contribution in [1.82, 2.24) is 9.97 Å². The van der Waals surface area contributed by atoms with Gasteiger partial charge in [0.2, 0.25) is 5.95 Å². The van der Waals surface area contributed by atoms with Gasteiger partial charge in [-0.25, -0.2) is 4.57 Å². The van der Waals surface area contributed by atoms with Gasteiger partial charge < -0.3 is 40.3 Å². The van der Waals surface area contributed by atoms with Crippen LogP contribution in [-0.4, -0.2) is 74.8 Å². The number of H-pyrrole nitrogens is 1. The Morgan fingerprint density at radius 2 is 2.12 bits per heavy atom. The van der Waals surface area contributed by atoms with Crippen LogP contribution in [0.15, 0.2) is 4.79 Å². The minimum atomic E-state index is -4.75. The maximum atomic E-state index is 12.0. The summed E-state index contributed by atoms with van der Waals surface area (Å²) in [6, 6.07) is 0. The van der Waals surface area contributed by atoms with E-state index >= 15 is 0 Å². The average Bonchev–Trinajstić information content (AvgIpc) is 2.95. The second-order valence-electron chi connectivity index (χ2n) is 5.77. The van der Waals surface area contributed by atoms with Gasteiger partial charge in [0.15, 0.2) is 12.0 Å². The van der Waals surface area contributed by atoms with Crippen LogP contribution in [0.4, 0.5) is 17.5 Å². The zero-order valence-electron chi connectivity index (χ0n) is 13.0. The van der Waals surface area contributed by atoms with Gasteiger partial charge in [0.1, 0.15) is 24.0 Å². The van der Waals surface area contributed by atoms with Crippen LogP contribution in [0.5, 0.6) is 0 Å². The molecule has 0 aliphatic carbocycles. The molecule has 14 heteroatoms. The molecule has 3 rings (SSSR count). The molecule has 0 saturated carbocycles. The summed E-state index contributed by atoms with van der Waals surface area (Å²) in [5, 5.41) is 20.3. The Balaban J connectivity index is 1.84.